The number of hydrogen-bond donors (Lipinski definition) is 0. The number of piperazine rings is 1. The first-order valence-corrected chi connectivity index (χ1v) is 9.80. The first kappa shape index (κ1) is 20.3. The van der Waals surface area contributed by atoms with Crippen LogP contribution in [0, 0.1) is 0 Å². The van der Waals surface area contributed by atoms with Crippen LogP contribution in [-0.4, -0.2) is 63.2 Å². The van der Waals surface area contributed by atoms with E-state index < -0.39 is 11.7 Å². The predicted octanol–water partition coefficient (Wildman–Crippen LogP) is 3.43. The fourth-order valence-corrected chi connectivity index (χ4v) is 3.71. The van der Waals surface area contributed by atoms with Gasteiger partial charge in [0.05, 0.1) is 28.4 Å². The van der Waals surface area contributed by atoms with Gasteiger partial charge in [-0.05, 0) is 24.7 Å². The van der Waals surface area contributed by atoms with E-state index in [0.717, 1.165) is 31.8 Å². The number of halogens is 3. The Morgan fingerprint density at radius 2 is 1.77 bits per heavy atom. The number of amides is 1. The summed E-state index contributed by atoms with van der Waals surface area (Å²) in [4.78, 5) is 21.9. The Balaban J connectivity index is 1.73. The van der Waals surface area contributed by atoms with Crippen LogP contribution in [0.25, 0.3) is 22.3 Å². The van der Waals surface area contributed by atoms with Gasteiger partial charge < -0.3 is 9.80 Å². The summed E-state index contributed by atoms with van der Waals surface area (Å²) in [6, 6.07) is 6.45. The third kappa shape index (κ3) is 3.77. The molecule has 0 spiro atoms. The van der Waals surface area contributed by atoms with E-state index in [-0.39, 0.29) is 5.91 Å². The second kappa shape index (κ2) is 7.71. The van der Waals surface area contributed by atoms with Crippen molar-refractivity contribution in [1.82, 2.24) is 24.6 Å². The van der Waals surface area contributed by atoms with Crippen molar-refractivity contribution in [2.24, 2.45) is 7.05 Å². The number of likely N-dealkylation sites (N-methyl/N-ethyl adjacent to an activating group) is 1. The molecule has 0 N–H and O–H groups in total. The van der Waals surface area contributed by atoms with Crippen LogP contribution in [0.15, 0.2) is 36.5 Å². The van der Waals surface area contributed by atoms with Gasteiger partial charge in [-0.15, -0.1) is 0 Å². The number of aryl methyl sites for hydroxylation is 1. The first-order valence-electron chi connectivity index (χ1n) is 9.80. The van der Waals surface area contributed by atoms with Crippen LogP contribution in [0.3, 0.4) is 0 Å². The third-order valence-corrected chi connectivity index (χ3v) is 5.55. The molecular weight excluding hydrogens is 395 g/mol. The monoisotopic (exact) mass is 417 g/mol. The average Bonchev–Trinajstić information content (AvgIpc) is 3.13. The Bertz CT molecular complexity index is 1070. The zero-order valence-corrected chi connectivity index (χ0v) is 16.8. The Kier molecular flexibility index (Phi) is 5.23. The van der Waals surface area contributed by atoms with Gasteiger partial charge in [-0.2, -0.15) is 18.3 Å². The molecule has 2 aromatic heterocycles. The van der Waals surface area contributed by atoms with Crippen molar-refractivity contribution in [2.45, 2.75) is 13.1 Å². The summed E-state index contributed by atoms with van der Waals surface area (Å²) >= 11 is 0. The fraction of sp³-hybridized carbons (Fsp3) is 0.381. The maximum absolute atomic E-state index is 13.3. The van der Waals surface area contributed by atoms with Crippen LogP contribution in [-0.2, 0) is 13.2 Å². The van der Waals surface area contributed by atoms with Gasteiger partial charge in [0.25, 0.3) is 5.91 Å². The number of aromatic nitrogens is 3. The summed E-state index contributed by atoms with van der Waals surface area (Å²) in [6.45, 7) is 5.93. The second-order valence-electron chi connectivity index (χ2n) is 7.36. The van der Waals surface area contributed by atoms with Crippen LogP contribution in [0.2, 0.25) is 0 Å². The highest BCUT2D eigenvalue weighted by Crippen LogP contribution is 2.32. The Labute approximate surface area is 171 Å². The summed E-state index contributed by atoms with van der Waals surface area (Å²) in [5.41, 5.74) is 1.21. The Morgan fingerprint density at radius 1 is 1.10 bits per heavy atom. The van der Waals surface area contributed by atoms with Gasteiger partial charge in [0.2, 0.25) is 0 Å². The summed E-state index contributed by atoms with van der Waals surface area (Å²) in [6.07, 6.45) is -2.80. The average molecular weight is 417 g/mol. The van der Waals surface area contributed by atoms with Crippen LogP contribution in [0.4, 0.5) is 13.2 Å². The molecule has 30 heavy (non-hydrogen) atoms. The Hall–Kier alpha value is -2.94. The summed E-state index contributed by atoms with van der Waals surface area (Å²) in [7, 11) is 1.72. The largest absolute Gasteiger partial charge is 0.416 e. The smallest absolute Gasteiger partial charge is 0.336 e. The fourth-order valence-electron chi connectivity index (χ4n) is 3.71. The van der Waals surface area contributed by atoms with Crippen molar-refractivity contribution in [1.29, 1.82) is 0 Å². The van der Waals surface area contributed by atoms with E-state index in [9.17, 15) is 18.0 Å². The van der Waals surface area contributed by atoms with Crippen LogP contribution >= 0.6 is 0 Å². The lowest BCUT2D eigenvalue weighted by Gasteiger charge is -2.34. The first-order chi connectivity index (χ1) is 14.3. The molecule has 0 atom stereocenters. The van der Waals surface area contributed by atoms with Crippen molar-refractivity contribution in [3.63, 3.8) is 0 Å². The molecule has 3 aromatic rings. The minimum absolute atomic E-state index is 0.112. The summed E-state index contributed by atoms with van der Waals surface area (Å²) in [5.74, 6) is -0.112. The lowest BCUT2D eigenvalue weighted by atomic mass is 10.0. The van der Waals surface area contributed by atoms with E-state index >= 15 is 0 Å². The van der Waals surface area contributed by atoms with Crippen molar-refractivity contribution in [3.8, 4) is 11.3 Å². The molecule has 1 amide bonds. The van der Waals surface area contributed by atoms with Gasteiger partial charge >= 0.3 is 6.18 Å². The maximum atomic E-state index is 13.3. The molecule has 3 heterocycles. The number of rotatable bonds is 3. The third-order valence-electron chi connectivity index (χ3n) is 5.55. The molecule has 1 aromatic carbocycles. The number of pyridine rings is 1. The molecule has 6 nitrogen and oxygen atoms in total. The molecule has 0 aliphatic carbocycles. The SMILES string of the molecule is CCN1CCN(C(=O)c2cc(-c3ccc(C(F)(F)F)cc3)nc3c2cnn3C)CC1. The van der Waals surface area contributed by atoms with Crippen LogP contribution in [0.5, 0.6) is 0 Å². The molecule has 0 radical (unpaired) electrons. The molecule has 1 saturated heterocycles. The topological polar surface area (TPSA) is 54.3 Å². The molecule has 158 valence electrons. The Morgan fingerprint density at radius 3 is 2.37 bits per heavy atom. The normalized spacial score (nSPS) is 15.7. The number of benzene rings is 1. The molecule has 4 rings (SSSR count). The van der Waals surface area contributed by atoms with E-state index in [0.29, 0.717) is 40.9 Å². The zero-order valence-electron chi connectivity index (χ0n) is 16.8. The molecular formula is C21H22F3N5O. The van der Waals surface area contributed by atoms with E-state index in [1.54, 1.807) is 24.0 Å². The number of alkyl halides is 3. The highest BCUT2D eigenvalue weighted by molar-refractivity contribution is 6.06. The van der Waals surface area contributed by atoms with Gasteiger partial charge in [0, 0.05) is 38.8 Å². The number of carbonyl (C=O) groups is 1. The number of carbonyl (C=O) groups excluding carboxylic acids is 1. The lowest BCUT2D eigenvalue weighted by Crippen LogP contribution is -2.48. The van der Waals surface area contributed by atoms with Gasteiger partial charge in [-0.1, -0.05) is 19.1 Å². The minimum atomic E-state index is -4.40. The number of nitrogens with zero attached hydrogens (tertiary/aromatic N) is 5. The lowest BCUT2D eigenvalue weighted by molar-refractivity contribution is -0.137. The van der Waals surface area contributed by atoms with E-state index in [4.69, 9.17) is 0 Å². The van der Waals surface area contributed by atoms with Crippen molar-refractivity contribution in [3.05, 3.63) is 47.7 Å². The number of hydrogen-bond acceptors (Lipinski definition) is 4. The van der Waals surface area contributed by atoms with Crippen LogP contribution in [0.1, 0.15) is 22.8 Å². The van der Waals surface area contributed by atoms with Crippen molar-refractivity contribution < 1.29 is 18.0 Å². The second-order valence-corrected chi connectivity index (χ2v) is 7.36. The van der Waals surface area contributed by atoms with E-state index in [1.165, 1.54) is 12.1 Å². The molecule has 0 saturated carbocycles. The molecule has 9 heteroatoms. The summed E-state index contributed by atoms with van der Waals surface area (Å²) < 4.78 is 40.2. The minimum Gasteiger partial charge on any atom is -0.336 e. The molecule has 0 bridgehead atoms. The van der Waals surface area contributed by atoms with Gasteiger partial charge in [0.15, 0.2) is 5.65 Å². The molecule has 0 unspecified atom stereocenters. The quantitative estimate of drug-likeness (QED) is 0.655. The van der Waals surface area contributed by atoms with E-state index in [2.05, 4.69) is 21.9 Å². The number of fused-ring (bicyclic) bond motifs is 1. The summed E-state index contributed by atoms with van der Waals surface area (Å²) in [5, 5.41) is 4.85. The zero-order chi connectivity index (χ0) is 21.5. The van der Waals surface area contributed by atoms with E-state index in [1.807, 2.05) is 4.90 Å². The molecule has 1 fully saturated rings. The van der Waals surface area contributed by atoms with Gasteiger partial charge in [-0.25, -0.2) is 4.98 Å². The van der Waals surface area contributed by atoms with Crippen molar-refractivity contribution in [2.75, 3.05) is 32.7 Å². The maximum Gasteiger partial charge on any atom is 0.416 e. The van der Waals surface area contributed by atoms with Crippen molar-refractivity contribution >= 4 is 16.9 Å². The standard InChI is InChI=1S/C21H22F3N5O/c1-3-28-8-10-29(11-9-28)20(30)16-12-18(26-19-17(16)13-25-27(19)2)14-4-6-15(7-5-14)21(22,23)24/h4-7,12-13H,3,8-11H2,1-2H3. The highest BCUT2D eigenvalue weighted by Gasteiger charge is 2.30. The van der Waals surface area contributed by atoms with Crippen LogP contribution < -0.4 is 0 Å². The highest BCUT2D eigenvalue weighted by atomic mass is 19.4. The predicted molar refractivity (Wildman–Crippen MR) is 107 cm³/mol. The van der Waals surface area contributed by atoms with Gasteiger partial charge in [-0.3, -0.25) is 9.48 Å². The van der Waals surface area contributed by atoms with Gasteiger partial charge in [0.1, 0.15) is 0 Å². The molecule has 1 aliphatic heterocycles. The molecule has 1 aliphatic rings.